The second kappa shape index (κ2) is 7.34. The number of rotatable bonds is 4. The lowest BCUT2D eigenvalue weighted by Gasteiger charge is -2.36. The van der Waals surface area contributed by atoms with Crippen LogP contribution in [0.1, 0.15) is 60.8 Å². The molecule has 7 heteroatoms. The number of nitrogens with one attached hydrogen (secondary N) is 1. The van der Waals surface area contributed by atoms with E-state index in [4.69, 9.17) is 0 Å². The molecule has 0 bridgehead atoms. The minimum absolute atomic E-state index is 0.0119. The third kappa shape index (κ3) is 3.61. The lowest BCUT2D eigenvalue weighted by Crippen LogP contribution is -2.44. The minimum atomic E-state index is -0.0119. The molecule has 1 aliphatic heterocycles. The van der Waals surface area contributed by atoms with E-state index >= 15 is 0 Å². The fraction of sp³-hybridized carbons (Fsp3) is 0.588. The Balaban J connectivity index is 1.64. The normalized spacial score (nSPS) is 18.2. The van der Waals surface area contributed by atoms with Gasteiger partial charge >= 0.3 is 6.03 Å². The van der Waals surface area contributed by atoms with Crippen LogP contribution in [0.4, 0.5) is 4.79 Å². The predicted molar refractivity (Wildman–Crippen MR) is 94.9 cm³/mol. The van der Waals surface area contributed by atoms with E-state index in [1.807, 2.05) is 24.2 Å². The number of carbonyl (C=O) groups is 1. The fourth-order valence-electron chi connectivity index (χ4n) is 3.13. The van der Waals surface area contributed by atoms with Gasteiger partial charge in [0.1, 0.15) is 10.0 Å². The molecule has 1 atom stereocenters. The van der Waals surface area contributed by atoms with Crippen LogP contribution >= 0.6 is 11.3 Å². The molecule has 2 aromatic heterocycles. The highest BCUT2D eigenvalue weighted by atomic mass is 32.1. The standard InChI is InChI=1S/C17H25N5OS/c1-12(2)16-20-19-15(24-16)11-18-17(23)22-10-5-4-7-14(22)13-8-6-9-21(13)3/h6,8-9,12,14H,4-5,7,10-11H2,1-3H3,(H,18,23)/t14-/m0/s1. The molecule has 3 heterocycles. The van der Waals surface area contributed by atoms with Crippen molar-refractivity contribution in [2.45, 2.75) is 51.6 Å². The van der Waals surface area contributed by atoms with Gasteiger partial charge in [-0.15, -0.1) is 10.2 Å². The van der Waals surface area contributed by atoms with Crippen molar-refractivity contribution in [2.75, 3.05) is 6.54 Å². The van der Waals surface area contributed by atoms with Crippen molar-refractivity contribution in [3.8, 4) is 0 Å². The van der Waals surface area contributed by atoms with Crippen molar-refractivity contribution in [1.29, 1.82) is 0 Å². The first-order valence-corrected chi connectivity index (χ1v) is 9.36. The van der Waals surface area contributed by atoms with Gasteiger partial charge in [0.2, 0.25) is 0 Å². The van der Waals surface area contributed by atoms with Gasteiger partial charge in [-0.1, -0.05) is 25.2 Å². The van der Waals surface area contributed by atoms with Crippen molar-refractivity contribution >= 4 is 17.4 Å². The third-order valence-corrected chi connectivity index (χ3v) is 5.68. The van der Waals surface area contributed by atoms with Crippen LogP contribution in [-0.2, 0) is 13.6 Å². The van der Waals surface area contributed by atoms with Gasteiger partial charge < -0.3 is 14.8 Å². The SMILES string of the molecule is CC(C)c1nnc(CNC(=O)N2CCCC[C@H]2c2cccn2C)s1. The van der Waals surface area contributed by atoms with Crippen LogP contribution < -0.4 is 5.32 Å². The molecule has 0 saturated carbocycles. The molecule has 1 aliphatic rings. The smallest absolute Gasteiger partial charge is 0.318 e. The molecule has 1 N–H and O–H groups in total. The lowest BCUT2D eigenvalue weighted by molar-refractivity contribution is 0.148. The van der Waals surface area contributed by atoms with E-state index in [2.05, 4.69) is 40.0 Å². The van der Waals surface area contributed by atoms with Gasteiger partial charge in [0.25, 0.3) is 0 Å². The van der Waals surface area contributed by atoms with Crippen LogP contribution in [0.2, 0.25) is 0 Å². The van der Waals surface area contributed by atoms with Gasteiger partial charge in [0.15, 0.2) is 0 Å². The summed E-state index contributed by atoms with van der Waals surface area (Å²) >= 11 is 1.57. The number of likely N-dealkylation sites (tertiary alicyclic amines) is 1. The first kappa shape index (κ1) is 17.0. The molecule has 6 nitrogen and oxygen atoms in total. The second-order valence-corrected chi connectivity index (χ2v) is 7.69. The first-order valence-electron chi connectivity index (χ1n) is 8.54. The van der Waals surface area contributed by atoms with E-state index in [0.29, 0.717) is 12.5 Å². The number of aromatic nitrogens is 3. The number of piperidine rings is 1. The van der Waals surface area contributed by atoms with Gasteiger partial charge in [0, 0.05) is 31.4 Å². The third-order valence-electron chi connectivity index (χ3n) is 4.46. The summed E-state index contributed by atoms with van der Waals surface area (Å²) in [6.07, 6.45) is 5.27. The second-order valence-electron chi connectivity index (χ2n) is 6.60. The van der Waals surface area contributed by atoms with Gasteiger partial charge in [-0.2, -0.15) is 0 Å². The van der Waals surface area contributed by atoms with E-state index in [0.717, 1.165) is 35.8 Å². The first-order chi connectivity index (χ1) is 11.6. The summed E-state index contributed by atoms with van der Waals surface area (Å²) in [4.78, 5) is 14.7. The number of amides is 2. The average molecular weight is 347 g/mol. The predicted octanol–water partition coefficient (Wildman–Crippen LogP) is 3.44. The van der Waals surface area contributed by atoms with Gasteiger partial charge in [-0.25, -0.2) is 4.79 Å². The maximum absolute atomic E-state index is 12.7. The molecule has 1 saturated heterocycles. The molecule has 2 aromatic rings. The summed E-state index contributed by atoms with van der Waals surface area (Å²) < 4.78 is 2.11. The fourth-order valence-corrected chi connectivity index (χ4v) is 3.91. The summed E-state index contributed by atoms with van der Waals surface area (Å²) in [5, 5.41) is 13.2. The summed E-state index contributed by atoms with van der Waals surface area (Å²) in [5.41, 5.74) is 1.20. The minimum Gasteiger partial charge on any atom is -0.353 e. The van der Waals surface area contributed by atoms with Crippen LogP contribution in [-0.4, -0.2) is 32.2 Å². The Morgan fingerprint density at radius 2 is 2.25 bits per heavy atom. The molecule has 0 aliphatic carbocycles. The number of hydrogen-bond acceptors (Lipinski definition) is 4. The van der Waals surface area contributed by atoms with E-state index in [1.54, 1.807) is 11.3 Å². The molecule has 0 aromatic carbocycles. The maximum Gasteiger partial charge on any atom is 0.318 e. The van der Waals surface area contributed by atoms with Crippen molar-refractivity contribution in [2.24, 2.45) is 7.05 Å². The van der Waals surface area contributed by atoms with Crippen molar-refractivity contribution < 1.29 is 4.79 Å². The van der Waals surface area contributed by atoms with Crippen LogP contribution in [0.15, 0.2) is 18.3 Å². The Morgan fingerprint density at radius 1 is 1.42 bits per heavy atom. The molecule has 0 radical (unpaired) electrons. The molecule has 0 unspecified atom stereocenters. The summed E-state index contributed by atoms with van der Waals surface area (Å²) in [7, 11) is 2.04. The van der Waals surface area contributed by atoms with Crippen LogP contribution in [0.25, 0.3) is 0 Å². The molecule has 130 valence electrons. The average Bonchev–Trinajstić information content (AvgIpc) is 3.21. The molecule has 24 heavy (non-hydrogen) atoms. The lowest BCUT2D eigenvalue weighted by atomic mass is 10.00. The number of urea groups is 1. The van der Waals surface area contributed by atoms with E-state index in [-0.39, 0.29) is 12.1 Å². The Hall–Kier alpha value is -1.89. The highest BCUT2D eigenvalue weighted by molar-refractivity contribution is 7.11. The summed E-state index contributed by atoms with van der Waals surface area (Å²) in [6.45, 7) is 5.44. The van der Waals surface area contributed by atoms with Crippen molar-refractivity contribution in [1.82, 2.24) is 25.0 Å². The quantitative estimate of drug-likeness (QED) is 0.921. The van der Waals surface area contributed by atoms with Crippen LogP contribution in [0, 0.1) is 0 Å². The van der Waals surface area contributed by atoms with Gasteiger partial charge in [-0.3, -0.25) is 0 Å². The largest absolute Gasteiger partial charge is 0.353 e. The van der Waals surface area contributed by atoms with Crippen molar-refractivity contribution in [3.05, 3.63) is 34.0 Å². The Labute approximate surface area is 146 Å². The zero-order valence-electron chi connectivity index (χ0n) is 14.5. The molecule has 2 amide bonds. The monoisotopic (exact) mass is 347 g/mol. The zero-order chi connectivity index (χ0) is 17.1. The molecule has 0 spiro atoms. The number of hydrogen-bond donors (Lipinski definition) is 1. The maximum atomic E-state index is 12.7. The number of aryl methyl sites for hydroxylation is 1. The molecule has 3 rings (SSSR count). The molecular formula is C17H25N5OS. The number of carbonyl (C=O) groups excluding carboxylic acids is 1. The van der Waals surface area contributed by atoms with Gasteiger partial charge in [-0.05, 0) is 31.4 Å². The zero-order valence-corrected chi connectivity index (χ0v) is 15.3. The molecule has 1 fully saturated rings. The van der Waals surface area contributed by atoms with Crippen LogP contribution in [0.5, 0.6) is 0 Å². The summed E-state index contributed by atoms with van der Waals surface area (Å²) in [6, 6.07) is 4.28. The van der Waals surface area contributed by atoms with Gasteiger partial charge in [0.05, 0.1) is 12.6 Å². The topological polar surface area (TPSA) is 63.1 Å². The van der Waals surface area contributed by atoms with Crippen LogP contribution in [0.3, 0.4) is 0 Å². The number of nitrogens with zero attached hydrogens (tertiary/aromatic N) is 4. The Kier molecular flexibility index (Phi) is 5.18. The summed E-state index contributed by atoms with van der Waals surface area (Å²) in [5.74, 6) is 0.371. The highest BCUT2D eigenvalue weighted by Crippen LogP contribution is 2.31. The Morgan fingerprint density at radius 3 is 2.92 bits per heavy atom. The van der Waals surface area contributed by atoms with E-state index in [9.17, 15) is 4.79 Å². The highest BCUT2D eigenvalue weighted by Gasteiger charge is 2.29. The molecular weight excluding hydrogens is 322 g/mol. The van der Waals surface area contributed by atoms with E-state index in [1.165, 1.54) is 5.69 Å². The van der Waals surface area contributed by atoms with E-state index < -0.39 is 0 Å². The van der Waals surface area contributed by atoms with Crippen molar-refractivity contribution in [3.63, 3.8) is 0 Å². The Bertz CT molecular complexity index is 693.